The maximum absolute atomic E-state index is 11.9. The van der Waals surface area contributed by atoms with E-state index in [1.54, 1.807) is 0 Å². The number of esters is 2. The van der Waals surface area contributed by atoms with Crippen molar-refractivity contribution in [1.29, 1.82) is 0 Å². The Morgan fingerprint density at radius 1 is 0.868 bits per heavy atom. The number of rotatable bonds is 9. The fourth-order valence-corrected chi connectivity index (χ4v) is 4.46. The van der Waals surface area contributed by atoms with Gasteiger partial charge in [0.1, 0.15) is 18.2 Å². The van der Waals surface area contributed by atoms with Gasteiger partial charge in [0, 0.05) is 33.5 Å². The van der Waals surface area contributed by atoms with Crippen molar-refractivity contribution in [3.05, 3.63) is 41.8 Å². The summed E-state index contributed by atoms with van der Waals surface area (Å²) in [7, 11) is 0. The zero-order valence-corrected chi connectivity index (χ0v) is 19.7. The number of nitrogens with zero attached hydrogens (tertiary/aromatic N) is 12. The van der Waals surface area contributed by atoms with Gasteiger partial charge in [-0.05, 0) is 28.5 Å². The lowest BCUT2D eigenvalue weighted by atomic mass is 9.84. The molecule has 0 aromatic heterocycles. The van der Waals surface area contributed by atoms with Crippen LogP contribution >= 0.6 is 0 Å². The molecule has 0 N–H and O–H groups in total. The predicted octanol–water partition coefficient (Wildman–Crippen LogP) is 2.61. The zero-order chi connectivity index (χ0) is 27.8. The van der Waals surface area contributed by atoms with Crippen LogP contribution in [0.1, 0.15) is 20.3 Å². The van der Waals surface area contributed by atoms with Crippen LogP contribution in [-0.4, -0.2) is 85.7 Å². The van der Waals surface area contributed by atoms with Crippen molar-refractivity contribution < 1.29 is 42.8 Å². The van der Waals surface area contributed by atoms with E-state index in [-0.39, 0.29) is 6.42 Å². The van der Waals surface area contributed by atoms with Crippen LogP contribution in [-0.2, 0) is 38.0 Å². The molecular formula is C17H20N12O9. The summed E-state index contributed by atoms with van der Waals surface area (Å²) >= 11 is 0. The largest absolute Gasteiger partial charge is 0.509 e. The Balaban J connectivity index is 2.03. The molecule has 10 atom stereocenters. The van der Waals surface area contributed by atoms with Gasteiger partial charge in [-0.1, -0.05) is 20.5 Å². The lowest BCUT2D eigenvalue weighted by Crippen LogP contribution is -2.63. The summed E-state index contributed by atoms with van der Waals surface area (Å²) in [5.74, 6) is -1.65. The molecule has 0 aromatic carbocycles. The van der Waals surface area contributed by atoms with Gasteiger partial charge in [0.05, 0.1) is 18.6 Å². The first kappa shape index (κ1) is 27.9. The maximum atomic E-state index is 11.9. The van der Waals surface area contributed by atoms with Crippen molar-refractivity contribution in [2.75, 3.05) is 6.54 Å². The molecule has 202 valence electrons. The molecule has 3 rings (SSSR count). The van der Waals surface area contributed by atoms with Gasteiger partial charge in [0.2, 0.25) is 0 Å². The average molecular weight is 536 g/mol. The summed E-state index contributed by atoms with van der Waals surface area (Å²) in [6.07, 6.45) is -10.6. The van der Waals surface area contributed by atoms with Crippen LogP contribution in [0.4, 0.5) is 4.79 Å². The first-order valence-corrected chi connectivity index (χ1v) is 10.9. The van der Waals surface area contributed by atoms with E-state index in [1.807, 2.05) is 0 Å². The molecule has 21 nitrogen and oxygen atoms in total. The van der Waals surface area contributed by atoms with Crippen LogP contribution in [0.2, 0.25) is 0 Å². The summed E-state index contributed by atoms with van der Waals surface area (Å²) in [5.41, 5.74) is 36.0. The number of fused-ring (bicyclic) bond motifs is 1. The maximum Gasteiger partial charge on any atom is 0.509 e. The topological polar surface area (TPSA) is 302 Å². The van der Waals surface area contributed by atoms with Gasteiger partial charge in [-0.25, -0.2) is 4.79 Å². The van der Waals surface area contributed by atoms with Crippen LogP contribution in [0.3, 0.4) is 0 Å². The van der Waals surface area contributed by atoms with E-state index in [9.17, 15) is 19.9 Å². The second kappa shape index (κ2) is 12.6. The lowest BCUT2D eigenvalue weighted by Gasteiger charge is -2.46. The van der Waals surface area contributed by atoms with Crippen molar-refractivity contribution in [1.82, 2.24) is 0 Å². The van der Waals surface area contributed by atoms with Gasteiger partial charge in [-0.3, -0.25) is 9.59 Å². The number of hydrogen-bond donors (Lipinski definition) is 0. The molecule has 0 spiro atoms. The number of carbonyl (C=O) groups excluding carboxylic acids is 3. The molecule has 2 heterocycles. The summed E-state index contributed by atoms with van der Waals surface area (Å²) in [5, 5.41) is 14.3. The van der Waals surface area contributed by atoms with Crippen LogP contribution in [0.25, 0.3) is 41.8 Å². The Bertz CT molecular complexity index is 1140. The van der Waals surface area contributed by atoms with Gasteiger partial charge in [-0.2, -0.15) is 0 Å². The summed E-state index contributed by atoms with van der Waals surface area (Å²) in [6, 6.07) is -3.56. The smallest absolute Gasteiger partial charge is 0.458 e. The standard InChI is InChI=1S/C17H20N12O9/c1-5(30)33-13-9(4-22-26-18)35-16(10(25-29-21)14(13)34-6(2)31)36-11-7(23-27-19)3-8(24-28-20)12-15(11)38-17(32)37-12/h7-16H,3-4H2,1-2H3/t7-,8+,9+,10+,11+,12-,13+,14+,15-,16+/m0/s1. The Morgan fingerprint density at radius 3 is 2.08 bits per heavy atom. The minimum atomic E-state index is -1.60. The molecule has 0 radical (unpaired) electrons. The van der Waals surface area contributed by atoms with Crippen molar-refractivity contribution in [2.45, 2.75) is 81.3 Å². The Labute approximate surface area is 211 Å². The third-order valence-electron chi connectivity index (χ3n) is 5.77. The molecule has 2 aliphatic heterocycles. The highest BCUT2D eigenvalue weighted by atomic mass is 16.8. The lowest BCUT2D eigenvalue weighted by molar-refractivity contribution is -0.287. The van der Waals surface area contributed by atoms with E-state index < -0.39 is 85.7 Å². The predicted molar refractivity (Wildman–Crippen MR) is 117 cm³/mol. The number of carbonyl (C=O) groups is 3. The Hall–Kier alpha value is -4.63. The molecule has 38 heavy (non-hydrogen) atoms. The summed E-state index contributed by atoms with van der Waals surface area (Å²) in [4.78, 5) is 46.5. The summed E-state index contributed by atoms with van der Waals surface area (Å²) < 4.78 is 32.7. The third kappa shape index (κ3) is 6.19. The molecule has 21 heteroatoms. The molecule has 3 aliphatic rings. The highest BCUT2D eigenvalue weighted by molar-refractivity contribution is 5.67. The van der Waals surface area contributed by atoms with E-state index in [1.165, 1.54) is 0 Å². The van der Waals surface area contributed by atoms with Crippen LogP contribution < -0.4 is 0 Å². The normalized spacial score (nSPS) is 35.3. The molecule has 0 unspecified atom stereocenters. The van der Waals surface area contributed by atoms with E-state index >= 15 is 0 Å². The molecule has 0 amide bonds. The van der Waals surface area contributed by atoms with Gasteiger partial charge in [0.15, 0.2) is 30.7 Å². The van der Waals surface area contributed by atoms with Crippen molar-refractivity contribution in [3.8, 4) is 0 Å². The second-order valence-corrected chi connectivity index (χ2v) is 8.10. The minimum absolute atomic E-state index is 0.124. The van der Waals surface area contributed by atoms with Crippen LogP contribution in [0, 0.1) is 0 Å². The molecule has 1 saturated carbocycles. The molecular weight excluding hydrogens is 516 g/mol. The average Bonchev–Trinajstić information content (AvgIpc) is 3.25. The minimum Gasteiger partial charge on any atom is -0.458 e. The van der Waals surface area contributed by atoms with Crippen molar-refractivity contribution >= 4 is 18.1 Å². The van der Waals surface area contributed by atoms with Crippen LogP contribution in [0.5, 0.6) is 0 Å². The summed E-state index contributed by atoms with van der Waals surface area (Å²) in [6.45, 7) is 1.70. The first-order chi connectivity index (χ1) is 18.2. The van der Waals surface area contributed by atoms with Gasteiger partial charge >= 0.3 is 18.1 Å². The van der Waals surface area contributed by atoms with Crippen LogP contribution in [0.15, 0.2) is 20.5 Å². The van der Waals surface area contributed by atoms with E-state index in [0.29, 0.717) is 0 Å². The van der Waals surface area contributed by atoms with Crippen molar-refractivity contribution in [3.63, 3.8) is 0 Å². The van der Waals surface area contributed by atoms with Gasteiger partial charge in [0.25, 0.3) is 0 Å². The van der Waals surface area contributed by atoms with Gasteiger partial charge in [-0.15, -0.1) is 0 Å². The SMILES string of the molecule is CC(=O)O[C@@H]1[C@@H](N=[N+]=[N-])[C@@H](O[C@H]2[C@@H]3OC(=O)O[C@H]3[C@H](N=[N+]=[N-])C[C@@H]2N=[N+]=[N-])O[C@H](CN=[N+]=[N-])[C@H]1OC(C)=O. The molecule has 1 aliphatic carbocycles. The fraction of sp³-hybridized carbons (Fsp3) is 0.824. The van der Waals surface area contributed by atoms with Gasteiger partial charge < -0.3 is 28.4 Å². The quantitative estimate of drug-likeness (QED) is 0.137. The number of hydrogen-bond acceptors (Lipinski definition) is 13. The molecule has 0 bridgehead atoms. The van der Waals surface area contributed by atoms with Crippen molar-refractivity contribution in [2.24, 2.45) is 20.5 Å². The second-order valence-electron chi connectivity index (χ2n) is 8.10. The van der Waals surface area contributed by atoms with E-state index in [4.69, 9.17) is 45.0 Å². The van der Waals surface area contributed by atoms with E-state index in [0.717, 1.165) is 13.8 Å². The fourth-order valence-electron chi connectivity index (χ4n) is 4.46. The number of ether oxygens (including phenoxy) is 6. The Kier molecular flexibility index (Phi) is 9.23. The number of azide groups is 4. The zero-order valence-electron chi connectivity index (χ0n) is 19.7. The first-order valence-electron chi connectivity index (χ1n) is 10.9. The molecule has 2 saturated heterocycles. The monoisotopic (exact) mass is 536 g/mol. The highest BCUT2D eigenvalue weighted by Gasteiger charge is 2.57. The highest BCUT2D eigenvalue weighted by Crippen LogP contribution is 2.38. The third-order valence-corrected chi connectivity index (χ3v) is 5.77. The Morgan fingerprint density at radius 2 is 1.47 bits per heavy atom. The molecule has 0 aromatic rings. The van der Waals surface area contributed by atoms with E-state index in [2.05, 4.69) is 40.1 Å². The molecule has 3 fully saturated rings.